The predicted molar refractivity (Wildman–Crippen MR) is 92.3 cm³/mol. The number of amides is 1. The van der Waals surface area contributed by atoms with E-state index in [2.05, 4.69) is 4.98 Å². The van der Waals surface area contributed by atoms with Gasteiger partial charge in [-0.15, -0.1) is 0 Å². The topological polar surface area (TPSA) is 67.3 Å². The zero-order chi connectivity index (χ0) is 16.4. The molecule has 2 heterocycles. The molecule has 1 atom stereocenters. The summed E-state index contributed by atoms with van der Waals surface area (Å²) >= 11 is 1.38. The van der Waals surface area contributed by atoms with Crippen molar-refractivity contribution >= 4 is 38.4 Å². The molecule has 1 amide bonds. The maximum Gasteiger partial charge on any atom is 0.233 e. The number of sulfone groups is 1. The summed E-state index contributed by atoms with van der Waals surface area (Å²) in [5, 5.41) is 1.86. The van der Waals surface area contributed by atoms with Gasteiger partial charge in [0.2, 0.25) is 5.91 Å². The van der Waals surface area contributed by atoms with Gasteiger partial charge in [-0.05, 0) is 18.6 Å². The van der Waals surface area contributed by atoms with E-state index in [0.29, 0.717) is 6.42 Å². The Balaban J connectivity index is 1.61. The summed E-state index contributed by atoms with van der Waals surface area (Å²) in [5.74, 6) is 0.452. The Kier molecular flexibility index (Phi) is 4.59. The molecule has 1 aromatic carbocycles. The maximum absolute atomic E-state index is 12.3. The number of fused-ring (bicyclic) bond motifs is 1. The summed E-state index contributed by atoms with van der Waals surface area (Å²) in [6, 6.07) is 11.5. The van der Waals surface area contributed by atoms with Crippen LogP contribution < -0.4 is 0 Å². The van der Waals surface area contributed by atoms with E-state index in [0.717, 1.165) is 15.9 Å². The van der Waals surface area contributed by atoms with Crippen molar-refractivity contribution in [3.63, 3.8) is 0 Å². The minimum atomic E-state index is -2.98. The molecule has 1 fully saturated rings. The molecule has 1 aromatic heterocycles. The highest BCUT2D eigenvalue weighted by atomic mass is 32.2. The number of rotatable bonds is 4. The average molecular weight is 350 g/mol. The van der Waals surface area contributed by atoms with E-state index in [1.807, 2.05) is 36.4 Å². The van der Waals surface area contributed by atoms with Gasteiger partial charge in [0.25, 0.3) is 0 Å². The number of hydrogen-bond acceptors (Lipinski definition) is 5. The summed E-state index contributed by atoms with van der Waals surface area (Å²) in [6.07, 6.45) is 0.531. The van der Waals surface area contributed by atoms with Crippen LogP contribution in [-0.4, -0.2) is 54.6 Å². The van der Waals surface area contributed by atoms with Crippen molar-refractivity contribution in [2.24, 2.45) is 0 Å². The fraction of sp³-hybridized carbons (Fsp3) is 0.375. The third-order valence-corrected chi connectivity index (χ3v) is 6.73. The number of carbonyl (C=O) groups is 1. The lowest BCUT2D eigenvalue weighted by Crippen LogP contribution is -2.38. The molecule has 0 saturated carbocycles. The Labute approximate surface area is 140 Å². The summed E-state index contributed by atoms with van der Waals surface area (Å²) in [7, 11) is -1.30. The van der Waals surface area contributed by atoms with Crippen molar-refractivity contribution in [2.75, 3.05) is 24.3 Å². The second-order valence-electron chi connectivity index (χ2n) is 5.69. The number of aromatic nitrogens is 1. The number of benzene rings is 1. The van der Waals surface area contributed by atoms with Crippen LogP contribution >= 0.6 is 11.8 Å². The van der Waals surface area contributed by atoms with Crippen LogP contribution in [0, 0.1) is 0 Å². The molecule has 0 aliphatic carbocycles. The molecule has 0 N–H and O–H groups in total. The molecule has 23 heavy (non-hydrogen) atoms. The van der Waals surface area contributed by atoms with E-state index < -0.39 is 9.84 Å². The zero-order valence-corrected chi connectivity index (χ0v) is 14.4. The van der Waals surface area contributed by atoms with Crippen LogP contribution in [0.15, 0.2) is 41.4 Å². The maximum atomic E-state index is 12.3. The molecule has 122 valence electrons. The van der Waals surface area contributed by atoms with Crippen LogP contribution in [0.25, 0.3) is 10.9 Å². The van der Waals surface area contributed by atoms with Crippen molar-refractivity contribution in [3.8, 4) is 0 Å². The standard InChI is InChI=1S/C16H18N2O3S2/c1-18(13-8-9-23(20,21)11-13)16(19)10-22-15-7-6-12-4-2-3-5-14(12)17-15/h2-7,13H,8-11H2,1H3/t13-/m1/s1. The molecule has 1 aliphatic rings. The van der Waals surface area contributed by atoms with Crippen molar-refractivity contribution in [1.29, 1.82) is 0 Å². The Morgan fingerprint density at radius 1 is 1.30 bits per heavy atom. The Hall–Kier alpha value is -1.60. The predicted octanol–water partition coefficient (Wildman–Crippen LogP) is 1.97. The molecule has 1 saturated heterocycles. The van der Waals surface area contributed by atoms with Crippen molar-refractivity contribution in [1.82, 2.24) is 9.88 Å². The molecule has 0 radical (unpaired) electrons. The van der Waals surface area contributed by atoms with Crippen molar-refractivity contribution in [3.05, 3.63) is 36.4 Å². The Bertz CT molecular complexity index is 836. The number of para-hydroxylation sites is 1. The zero-order valence-electron chi connectivity index (χ0n) is 12.8. The number of nitrogens with zero attached hydrogens (tertiary/aromatic N) is 2. The van der Waals surface area contributed by atoms with Gasteiger partial charge in [-0.3, -0.25) is 4.79 Å². The minimum absolute atomic E-state index is 0.0629. The minimum Gasteiger partial charge on any atom is -0.341 e. The molecule has 0 bridgehead atoms. The molecule has 2 aromatic rings. The monoisotopic (exact) mass is 350 g/mol. The van der Waals surface area contributed by atoms with Gasteiger partial charge in [-0.25, -0.2) is 13.4 Å². The number of hydrogen-bond donors (Lipinski definition) is 0. The van der Waals surface area contributed by atoms with E-state index in [-0.39, 0.29) is 29.2 Å². The van der Waals surface area contributed by atoms with Gasteiger partial charge in [0.1, 0.15) is 0 Å². The van der Waals surface area contributed by atoms with Crippen molar-refractivity contribution < 1.29 is 13.2 Å². The first-order valence-electron chi connectivity index (χ1n) is 7.39. The van der Waals surface area contributed by atoms with E-state index in [1.165, 1.54) is 11.8 Å². The van der Waals surface area contributed by atoms with Crippen molar-refractivity contribution in [2.45, 2.75) is 17.5 Å². The van der Waals surface area contributed by atoms with Gasteiger partial charge >= 0.3 is 0 Å². The molecule has 3 rings (SSSR count). The third kappa shape index (κ3) is 3.84. The van der Waals surface area contributed by atoms with Gasteiger partial charge in [-0.1, -0.05) is 36.0 Å². The molecule has 7 heteroatoms. The van der Waals surface area contributed by atoms with Crippen LogP contribution in [-0.2, 0) is 14.6 Å². The van der Waals surface area contributed by atoms with Crippen LogP contribution in [0.5, 0.6) is 0 Å². The highest BCUT2D eigenvalue weighted by molar-refractivity contribution is 7.99. The number of carbonyl (C=O) groups excluding carboxylic acids is 1. The lowest BCUT2D eigenvalue weighted by molar-refractivity contribution is -0.128. The smallest absolute Gasteiger partial charge is 0.233 e. The van der Waals surface area contributed by atoms with Gasteiger partial charge in [0.05, 0.1) is 27.8 Å². The average Bonchev–Trinajstić information content (AvgIpc) is 2.91. The first-order valence-corrected chi connectivity index (χ1v) is 10.2. The Morgan fingerprint density at radius 3 is 2.83 bits per heavy atom. The SMILES string of the molecule is CN(C(=O)CSc1ccc2ccccc2n1)[C@@H]1CCS(=O)(=O)C1. The fourth-order valence-corrected chi connectivity index (χ4v) is 5.23. The summed E-state index contributed by atoms with van der Waals surface area (Å²) in [4.78, 5) is 18.4. The van der Waals surface area contributed by atoms with Gasteiger partial charge in [-0.2, -0.15) is 0 Å². The Morgan fingerprint density at radius 2 is 2.09 bits per heavy atom. The largest absolute Gasteiger partial charge is 0.341 e. The number of thioether (sulfide) groups is 1. The highest BCUT2D eigenvalue weighted by Gasteiger charge is 2.32. The lowest BCUT2D eigenvalue weighted by Gasteiger charge is -2.23. The normalized spacial score (nSPS) is 19.8. The van der Waals surface area contributed by atoms with Crippen LogP contribution in [0.1, 0.15) is 6.42 Å². The first kappa shape index (κ1) is 16.3. The second-order valence-corrected chi connectivity index (χ2v) is 8.92. The fourth-order valence-electron chi connectivity index (χ4n) is 2.65. The van der Waals surface area contributed by atoms with Gasteiger partial charge < -0.3 is 4.90 Å². The number of pyridine rings is 1. The van der Waals surface area contributed by atoms with Crippen LogP contribution in [0.3, 0.4) is 0 Å². The summed E-state index contributed by atoms with van der Waals surface area (Å²) < 4.78 is 23.0. The van der Waals surface area contributed by atoms with E-state index in [1.54, 1.807) is 11.9 Å². The second kappa shape index (κ2) is 6.49. The summed E-state index contributed by atoms with van der Waals surface area (Å²) in [6.45, 7) is 0. The van der Waals surface area contributed by atoms with E-state index in [9.17, 15) is 13.2 Å². The van der Waals surface area contributed by atoms with Crippen LogP contribution in [0.2, 0.25) is 0 Å². The molecule has 0 unspecified atom stereocenters. The van der Waals surface area contributed by atoms with Crippen LogP contribution in [0.4, 0.5) is 0 Å². The van der Waals surface area contributed by atoms with E-state index in [4.69, 9.17) is 0 Å². The molecule has 5 nitrogen and oxygen atoms in total. The molecule has 0 spiro atoms. The quantitative estimate of drug-likeness (QED) is 0.789. The third-order valence-electron chi connectivity index (χ3n) is 4.07. The van der Waals surface area contributed by atoms with E-state index >= 15 is 0 Å². The summed E-state index contributed by atoms with van der Waals surface area (Å²) in [5.41, 5.74) is 0.903. The molecule has 1 aliphatic heterocycles. The lowest BCUT2D eigenvalue weighted by atomic mass is 10.2. The van der Waals surface area contributed by atoms with Gasteiger partial charge in [0.15, 0.2) is 9.84 Å². The highest BCUT2D eigenvalue weighted by Crippen LogP contribution is 2.22. The molecular weight excluding hydrogens is 332 g/mol. The molecular formula is C16H18N2O3S2. The van der Waals surface area contributed by atoms with Gasteiger partial charge in [0, 0.05) is 18.5 Å². The first-order chi connectivity index (χ1) is 10.9.